The van der Waals surface area contributed by atoms with E-state index < -0.39 is 15.5 Å². The molecule has 2 bridgehead atoms. The highest BCUT2D eigenvalue weighted by atomic mass is 79.9. The van der Waals surface area contributed by atoms with Crippen LogP contribution in [0.2, 0.25) is 0 Å². The van der Waals surface area contributed by atoms with Crippen LogP contribution < -0.4 is 4.90 Å². The van der Waals surface area contributed by atoms with Crippen molar-refractivity contribution < 1.29 is 21.6 Å². The molecule has 2 heterocycles. The quantitative estimate of drug-likeness (QED) is 0.682. The van der Waals surface area contributed by atoms with Crippen LogP contribution in [0.15, 0.2) is 35.2 Å². The number of imidazole rings is 1. The minimum Gasteiger partial charge on any atom is -0.361 e. The lowest BCUT2D eigenvalue weighted by atomic mass is 9.41. The molecular weight excluding hydrogens is 485 g/mol. The number of nitrogens with one attached hydrogen (secondary N) is 1. The predicted octanol–water partition coefficient (Wildman–Crippen LogP) is 4.01. The monoisotopic (exact) mass is 504 g/mol. The van der Waals surface area contributed by atoms with Crippen molar-refractivity contribution in [2.45, 2.75) is 43.9 Å². The van der Waals surface area contributed by atoms with E-state index in [1.807, 2.05) is 12.1 Å². The SMILES string of the molecule is O=S(=O)(N1Cc2cc(Br)ccc2N(Cc2cnc[nH]2)[C@@H](C23CC(C2)C3)C1)C(F)(F)F. The third-order valence-electron chi connectivity index (χ3n) is 6.77. The second-order valence-corrected chi connectivity index (χ2v) is 11.4. The Bertz CT molecular complexity index is 1060. The summed E-state index contributed by atoms with van der Waals surface area (Å²) in [7, 11) is -5.45. The molecule has 0 saturated heterocycles. The number of aromatic amines is 1. The van der Waals surface area contributed by atoms with Crippen molar-refractivity contribution in [3.63, 3.8) is 0 Å². The molecule has 0 spiro atoms. The number of hydrogen-bond acceptors (Lipinski definition) is 4. The Morgan fingerprint density at radius 2 is 2.00 bits per heavy atom. The second kappa shape index (κ2) is 6.70. The van der Waals surface area contributed by atoms with Gasteiger partial charge in [-0.1, -0.05) is 15.9 Å². The van der Waals surface area contributed by atoms with Crippen molar-refractivity contribution in [2.75, 3.05) is 11.4 Å². The van der Waals surface area contributed by atoms with E-state index in [9.17, 15) is 21.6 Å². The molecular formula is C19H20BrF3N4O2S. The maximum absolute atomic E-state index is 13.5. The Kier molecular flexibility index (Phi) is 4.54. The average molecular weight is 505 g/mol. The molecule has 1 aliphatic heterocycles. The fourth-order valence-electron chi connectivity index (χ4n) is 5.23. The number of rotatable bonds is 4. The third kappa shape index (κ3) is 3.08. The maximum atomic E-state index is 13.5. The lowest BCUT2D eigenvalue weighted by Crippen LogP contribution is -2.66. The Morgan fingerprint density at radius 3 is 2.57 bits per heavy atom. The van der Waals surface area contributed by atoms with Crippen LogP contribution in [0.25, 0.3) is 0 Å². The van der Waals surface area contributed by atoms with Crippen molar-refractivity contribution >= 4 is 31.6 Å². The smallest absolute Gasteiger partial charge is 0.361 e. The summed E-state index contributed by atoms with van der Waals surface area (Å²) in [5.41, 5.74) is -3.33. The van der Waals surface area contributed by atoms with Gasteiger partial charge < -0.3 is 9.88 Å². The number of fused-ring (bicyclic) bond motifs is 1. The van der Waals surface area contributed by atoms with Gasteiger partial charge in [-0.2, -0.15) is 17.5 Å². The number of H-pyrrole nitrogens is 1. The minimum atomic E-state index is -5.45. The molecule has 1 aromatic heterocycles. The molecule has 3 aliphatic carbocycles. The van der Waals surface area contributed by atoms with Crippen LogP contribution in [-0.2, 0) is 23.1 Å². The standard InChI is InChI=1S/C19H20BrF3N4O2S/c20-14-1-2-16-13(3-14)8-26(30(28,29)19(21,22)23)10-17(18-4-12(5-18)6-18)27(16)9-15-7-24-11-25-15/h1-3,7,11-12,17H,4-6,8-10H2,(H,24,25)/t12?,17-,18?/m1/s1. The summed E-state index contributed by atoms with van der Waals surface area (Å²) in [5.74, 6) is 0.610. The van der Waals surface area contributed by atoms with Crippen molar-refractivity contribution in [2.24, 2.45) is 11.3 Å². The van der Waals surface area contributed by atoms with E-state index in [1.54, 1.807) is 18.6 Å². The molecule has 1 atom stereocenters. The summed E-state index contributed by atoms with van der Waals surface area (Å²) in [6, 6.07) is 5.06. The van der Waals surface area contributed by atoms with Crippen molar-refractivity contribution in [3.8, 4) is 0 Å². The van der Waals surface area contributed by atoms with Gasteiger partial charge in [0, 0.05) is 35.5 Å². The van der Waals surface area contributed by atoms with E-state index >= 15 is 0 Å². The molecule has 162 valence electrons. The molecule has 1 N–H and O–H groups in total. The highest BCUT2D eigenvalue weighted by molar-refractivity contribution is 9.10. The molecule has 3 fully saturated rings. The second-order valence-electron chi connectivity index (χ2n) is 8.58. The van der Waals surface area contributed by atoms with Crippen LogP contribution in [0.3, 0.4) is 0 Å². The molecule has 0 unspecified atom stereocenters. The summed E-state index contributed by atoms with van der Waals surface area (Å²) < 4.78 is 66.6. The van der Waals surface area contributed by atoms with E-state index in [1.165, 1.54) is 0 Å². The third-order valence-corrected chi connectivity index (χ3v) is 8.81. The summed E-state index contributed by atoms with van der Waals surface area (Å²) in [5, 5.41) is 0. The van der Waals surface area contributed by atoms with Gasteiger partial charge in [-0.15, -0.1) is 0 Å². The molecule has 6 rings (SSSR count). The Balaban J connectivity index is 1.63. The Hall–Kier alpha value is -1.59. The highest BCUT2D eigenvalue weighted by Crippen LogP contribution is 2.67. The molecule has 1 aromatic carbocycles. The molecule has 11 heteroatoms. The number of benzene rings is 1. The van der Waals surface area contributed by atoms with Crippen LogP contribution in [0.4, 0.5) is 18.9 Å². The molecule has 0 amide bonds. The first-order chi connectivity index (χ1) is 14.1. The Labute approximate surface area is 180 Å². The zero-order chi connectivity index (χ0) is 21.3. The number of nitrogens with zero attached hydrogens (tertiary/aromatic N) is 3. The van der Waals surface area contributed by atoms with Gasteiger partial charge in [0.1, 0.15) is 0 Å². The number of halogens is 4. The van der Waals surface area contributed by atoms with Crippen molar-refractivity contribution in [1.82, 2.24) is 14.3 Å². The number of hydrogen-bond donors (Lipinski definition) is 1. The van der Waals surface area contributed by atoms with Crippen LogP contribution in [0.1, 0.15) is 30.5 Å². The highest BCUT2D eigenvalue weighted by Gasteiger charge is 2.63. The van der Waals surface area contributed by atoms with E-state index in [2.05, 4.69) is 30.8 Å². The molecule has 2 aromatic rings. The lowest BCUT2D eigenvalue weighted by molar-refractivity contribution is -0.129. The van der Waals surface area contributed by atoms with Crippen LogP contribution in [-0.4, -0.2) is 40.8 Å². The number of sulfonamides is 1. The van der Waals surface area contributed by atoms with Gasteiger partial charge in [-0.3, -0.25) is 0 Å². The molecule has 6 nitrogen and oxygen atoms in total. The van der Waals surface area contributed by atoms with Gasteiger partial charge in [-0.25, -0.2) is 13.4 Å². The largest absolute Gasteiger partial charge is 0.511 e. The van der Waals surface area contributed by atoms with Gasteiger partial charge in [-0.05, 0) is 54.4 Å². The summed E-state index contributed by atoms with van der Waals surface area (Å²) >= 11 is 3.37. The van der Waals surface area contributed by atoms with E-state index in [4.69, 9.17) is 0 Å². The molecule has 3 saturated carbocycles. The number of anilines is 1. The van der Waals surface area contributed by atoms with E-state index in [0.717, 1.165) is 30.6 Å². The average Bonchev–Trinajstić information content (AvgIpc) is 3.03. The zero-order valence-electron chi connectivity index (χ0n) is 15.9. The topological polar surface area (TPSA) is 69.3 Å². The van der Waals surface area contributed by atoms with Gasteiger partial charge in [0.15, 0.2) is 0 Å². The summed E-state index contributed by atoms with van der Waals surface area (Å²) in [4.78, 5) is 9.19. The fraction of sp³-hybridized carbons (Fsp3) is 0.526. The molecule has 4 aliphatic rings. The first-order valence-electron chi connectivity index (χ1n) is 9.68. The van der Waals surface area contributed by atoms with Crippen LogP contribution in [0, 0.1) is 11.3 Å². The predicted molar refractivity (Wildman–Crippen MR) is 108 cm³/mol. The zero-order valence-corrected chi connectivity index (χ0v) is 18.3. The molecule has 0 radical (unpaired) electrons. The summed E-state index contributed by atoms with van der Waals surface area (Å²) in [6.07, 6.45) is 6.05. The van der Waals surface area contributed by atoms with Crippen LogP contribution in [0.5, 0.6) is 0 Å². The van der Waals surface area contributed by atoms with Gasteiger partial charge >= 0.3 is 15.5 Å². The first kappa shape index (κ1) is 20.3. The van der Waals surface area contributed by atoms with Gasteiger partial charge in [0.05, 0.1) is 18.6 Å². The van der Waals surface area contributed by atoms with Gasteiger partial charge in [0.2, 0.25) is 0 Å². The summed E-state index contributed by atoms with van der Waals surface area (Å²) in [6.45, 7) is -0.0767. The number of aromatic nitrogens is 2. The normalized spacial score (nSPS) is 29.0. The maximum Gasteiger partial charge on any atom is 0.511 e. The minimum absolute atomic E-state index is 0.140. The Morgan fingerprint density at radius 1 is 1.27 bits per heavy atom. The fourth-order valence-corrected chi connectivity index (χ4v) is 6.58. The van der Waals surface area contributed by atoms with E-state index in [-0.39, 0.29) is 24.5 Å². The van der Waals surface area contributed by atoms with E-state index in [0.29, 0.717) is 26.8 Å². The molecule has 30 heavy (non-hydrogen) atoms. The van der Waals surface area contributed by atoms with Crippen molar-refractivity contribution in [3.05, 3.63) is 46.5 Å². The van der Waals surface area contributed by atoms with Crippen molar-refractivity contribution in [1.29, 1.82) is 0 Å². The lowest BCUT2D eigenvalue weighted by Gasteiger charge is -2.67. The number of alkyl halides is 3. The van der Waals surface area contributed by atoms with Gasteiger partial charge in [0.25, 0.3) is 0 Å². The first-order valence-corrected chi connectivity index (χ1v) is 11.9. The van der Waals surface area contributed by atoms with Crippen LogP contribution >= 0.6 is 15.9 Å².